The lowest BCUT2D eigenvalue weighted by atomic mass is 9.83. The molecule has 0 atom stereocenters. The molecule has 0 bridgehead atoms. The van der Waals surface area contributed by atoms with Crippen molar-refractivity contribution in [3.8, 4) is 0 Å². The van der Waals surface area contributed by atoms with E-state index in [-0.39, 0.29) is 5.91 Å². The molecule has 1 amide bonds. The van der Waals surface area contributed by atoms with Gasteiger partial charge < -0.3 is 10.2 Å². The molecule has 0 unspecified atom stereocenters. The Bertz CT molecular complexity index is 496. The van der Waals surface area contributed by atoms with E-state index in [2.05, 4.69) is 10.2 Å². The number of nitrogens with zero attached hydrogens (tertiary/aromatic N) is 1. The third-order valence-corrected chi connectivity index (χ3v) is 4.73. The average molecular weight is 323 g/mol. The summed E-state index contributed by atoms with van der Waals surface area (Å²) in [6, 6.07) is 7.55. The van der Waals surface area contributed by atoms with Crippen molar-refractivity contribution in [3.63, 3.8) is 0 Å². The highest BCUT2D eigenvalue weighted by atomic mass is 35.5. The lowest BCUT2D eigenvalue weighted by Gasteiger charge is -2.24. The fraction of sp³-hybridized carbons (Fsp3) is 0.611. The van der Waals surface area contributed by atoms with Gasteiger partial charge in [-0.3, -0.25) is 4.79 Å². The molecule has 1 saturated heterocycles. The van der Waals surface area contributed by atoms with Crippen molar-refractivity contribution < 1.29 is 4.79 Å². The first-order valence-electron chi connectivity index (χ1n) is 8.27. The number of nitrogens with one attached hydrogen (secondary N) is 1. The second-order valence-electron chi connectivity index (χ2n) is 6.65. The van der Waals surface area contributed by atoms with Crippen molar-refractivity contribution in [1.82, 2.24) is 10.2 Å². The van der Waals surface area contributed by atoms with Crippen molar-refractivity contribution in [2.45, 2.75) is 44.9 Å². The summed E-state index contributed by atoms with van der Waals surface area (Å²) in [6.07, 6.45) is 4.86. The van der Waals surface area contributed by atoms with Crippen LogP contribution in [0.3, 0.4) is 0 Å². The normalized spacial score (nSPS) is 16.0. The van der Waals surface area contributed by atoms with Gasteiger partial charge in [0.15, 0.2) is 0 Å². The summed E-state index contributed by atoms with van der Waals surface area (Å²) in [6.45, 7) is 8.28. The number of hydrogen-bond donors (Lipinski definition) is 1. The van der Waals surface area contributed by atoms with Crippen LogP contribution in [0.5, 0.6) is 0 Å². The molecule has 1 aromatic rings. The maximum Gasteiger partial charge on any atom is 0.230 e. The predicted molar refractivity (Wildman–Crippen MR) is 92.4 cm³/mol. The van der Waals surface area contributed by atoms with E-state index in [1.807, 2.05) is 38.1 Å². The highest BCUT2D eigenvalue weighted by Crippen LogP contribution is 2.25. The molecule has 0 radical (unpaired) electrons. The van der Waals surface area contributed by atoms with Crippen molar-refractivity contribution in [3.05, 3.63) is 34.9 Å². The number of unbranched alkanes of at least 4 members (excludes halogenated alkanes) is 1. The number of hydrogen-bond acceptors (Lipinski definition) is 2. The zero-order valence-electron chi connectivity index (χ0n) is 13.7. The van der Waals surface area contributed by atoms with Gasteiger partial charge >= 0.3 is 0 Å². The topological polar surface area (TPSA) is 32.3 Å². The molecule has 1 aromatic carbocycles. The number of likely N-dealkylation sites (tertiary alicyclic amines) is 1. The quantitative estimate of drug-likeness (QED) is 0.778. The first-order chi connectivity index (χ1) is 10.5. The van der Waals surface area contributed by atoms with E-state index < -0.39 is 5.41 Å². The van der Waals surface area contributed by atoms with Gasteiger partial charge in [-0.1, -0.05) is 23.7 Å². The summed E-state index contributed by atoms with van der Waals surface area (Å²) in [5.74, 6) is 0.0657. The van der Waals surface area contributed by atoms with Gasteiger partial charge in [0.2, 0.25) is 5.91 Å². The molecule has 1 fully saturated rings. The summed E-state index contributed by atoms with van der Waals surface area (Å²) in [4.78, 5) is 14.9. The SMILES string of the molecule is CC(C)(C(=O)NCCCCN1CCCC1)c1cccc(Cl)c1. The van der Waals surface area contributed by atoms with Crippen LogP contribution in [0.1, 0.15) is 45.1 Å². The zero-order chi connectivity index (χ0) is 16.0. The molecular formula is C18H27ClN2O. The van der Waals surface area contributed by atoms with E-state index in [0.717, 1.165) is 31.5 Å². The second kappa shape index (κ2) is 7.98. The third-order valence-electron chi connectivity index (χ3n) is 4.50. The molecule has 1 heterocycles. The summed E-state index contributed by atoms with van der Waals surface area (Å²) in [5, 5.41) is 3.74. The monoisotopic (exact) mass is 322 g/mol. The van der Waals surface area contributed by atoms with E-state index in [4.69, 9.17) is 11.6 Å². The smallest absolute Gasteiger partial charge is 0.230 e. The van der Waals surface area contributed by atoms with E-state index in [0.29, 0.717) is 5.02 Å². The number of carbonyl (C=O) groups excluding carboxylic acids is 1. The summed E-state index contributed by atoms with van der Waals surface area (Å²) in [5.41, 5.74) is 0.398. The largest absolute Gasteiger partial charge is 0.355 e. The minimum Gasteiger partial charge on any atom is -0.355 e. The third kappa shape index (κ3) is 4.72. The van der Waals surface area contributed by atoms with E-state index in [1.54, 1.807) is 0 Å². The Hall–Kier alpha value is -1.06. The molecule has 0 aliphatic carbocycles. The Balaban J connectivity index is 1.73. The van der Waals surface area contributed by atoms with Crippen LogP contribution in [0.15, 0.2) is 24.3 Å². The van der Waals surface area contributed by atoms with Crippen LogP contribution in [0, 0.1) is 0 Å². The van der Waals surface area contributed by atoms with Crippen molar-refractivity contribution in [2.75, 3.05) is 26.2 Å². The molecule has 2 rings (SSSR count). The molecule has 122 valence electrons. The molecule has 22 heavy (non-hydrogen) atoms. The van der Waals surface area contributed by atoms with Crippen LogP contribution in [-0.2, 0) is 10.2 Å². The molecular weight excluding hydrogens is 296 g/mol. The maximum atomic E-state index is 12.4. The zero-order valence-corrected chi connectivity index (χ0v) is 14.5. The van der Waals surface area contributed by atoms with Crippen LogP contribution >= 0.6 is 11.6 Å². The predicted octanol–water partition coefficient (Wildman–Crippen LogP) is 3.61. The van der Waals surface area contributed by atoms with Gasteiger partial charge in [0.1, 0.15) is 0 Å². The Morgan fingerprint density at radius 2 is 2.00 bits per heavy atom. The van der Waals surface area contributed by atoms with Crippen LogP contribution in [-0.4, -0.2) is 37.0 Å². The molecule has 1 aliphatic rings. The molecule has 3 nitrogen and oxygen atoms in total. The van der Waals surface area contributed by atoms with Gasteiger partial charge in [0, 0.05) is 11.6 Å². The highest BCUT2D eigenvalue weighted by Gasteiger charge is 2.29. The summed E-state index contributed by atoms with van der Waals surface area (Å²) >= 11 is 6.03. The fourth-order valence-electron chi connectivity index (χ4n) is 2.90. The van der Waals surface area contributed by atoms with E-state index in [1.165, 1.54) is 25.9 Å². The fourth-order valence-corrected chi connectivity index (χ4v) is 3.09. The van der Waals surface area contributed by atoms with E-state index >= 15 is 0 Å². The number of amides is 1. The van der Waals surface area contributed by atoms with Crippen LogP contribution in [0.2, 0.25) is 5.02 Å². The van der Waals surface area contributed by atoms with Gasteiger partial charge in [-0.15, -0.1) is 0 Å². The van der Waals surface area contributed by atoms with Crippen LogP contribution < -0.4 is 5.32 Å². The van der Waals surface area contributed by atoms with Gasteiger partial charge in [0.05, 0.1) is 5.41 Å². The molecule has 1 aliphatic heterocycles. The van der Waals surface area contributed by atoms with Crippen molar-refractivity contribution in [1.29, 1.82) is 0 Å². The number of carbonyl (C=O) groups is 1. The number of halogens is 1. The number of benzene rings is 1. The summed E-state index contributed by atoms with van der Waals surface area (Å²) < 4.78 is 0. The van der Waals surface area contributed by atoms with Crippen LogP contribution in [0.4, 0.5) is 0 Å². The molecule has 0 saturated carbocycles. The van der Waals surface area contributed by atoms with Gasteiger partial charge in [-0.25, -0.2) is 0 Å². The Morgan fingerprint density at radius 3 is 2.68 bits per heavy atom. The van der Waals surface area contributed by atoms with E-state index in [9.17, 15) is 4.79 Å². The molecule has 0 spiro atoms. The lowest BCUT2D eigenvalue weighted by molar-refractivity contribution is -0.125. The number of rotatable bonds is 7. The second-order valence-corrected chi connectivity index (χ2v) is 7.08. The van der Waals surface area contributed by atoms with Crippen molar-refractivity contribution >= 4 is 17.5 Å². The minimum atomic E-state index is -0.556. The highest BCUT2D eigenvalue weighted by molar-refractivity contribution is 6.30. The van der Waals surface area contributed by atoms with Gasteiger partial charge in [-0.05, 0) is 76.9 Å². The molecule has 1 N–H and O–H groups in total. The minimum absolute atomic E-state index is 0.0657. The Morgan fingerprint density at radius 1 is 1.27 bits per heavy atom. The Kier molecular flexibility index (Phi) is 6.27. The first kappa shape index (κ1) is 17.3. The summed E-state index contributed by atoms with van der Waals surface area (Å²) in [7, 11) is 0. The maximum absolute atomic E-state index is 12.4. The van der Waals surface area contributed by atoms with Gasteiger partial charge in [-0.2, -0.15) is 0 Å². The lowest BCUT2D eigenvalue weighted by Crippen LogP contribution is -2.40. The molecule has 0 aromatic heterocycles. The van der Waals surface area contributed by atoms with Crippen LogP contribution in [0.25, 0.3) is 0 Å². The Labute approximate surface area is 139 Å². The van der Waals surface area contributed by atoms with Gasteiger partial charge in [0.25, 0.3) is 0 Å². The molecule has 4 heteroatoms. The first-order valence-corrected chi connectivity index (χ1v) is 8.64. The van der Waals surface area contributed by atoms with Crippen molar-refractivity contribution in [2.24, 2.45) is 0 Å². The average Bonchev–Trinajstić information content (AvgIpc) is 3.00. The standard InChI is InChI=1S/C18H27ClN2O/c1-18(2,15-8-7-9-16(19)14-15)17(22)20-10-3-4-11-21-12-5-6-13-21/h7-9,14H,3-6,10-13H2,1-2H3,(H,20,22).